The van der Waals surface area contributed by atoms with Crippen LogP contribution >= 0.6 is 0 Å². The number of hydrogen-bond acceptors (Lipinski definition) is 6. The van der Waals surface area contributed by atoms with Crippen LogP contribution in [0.1, 0.15) is 31.3 Å². The van der Waals surface area contributed by atoms with Gasteiger partial charge < -0.3 is 20.1 Å². The molecule has 1 heterocycles. The number of rotatable bonds is 5. The van der Waals surface area contributed by atoms with Gasteiger partial charge in [0.05, 0.1) is 11.4 Å². The Bertz CT molecular complexity index is 1110. The number of benzene rings is 2. The van der Waals surface area contributed by atoms with E-state index in [4.69, 9.17) is 4.74 Å². The average Bonchev–Trinajstić information content (AvgIpc) is 2.73. The predicted molar refractivity (Wildman–Crippen MR) is 125 cm³/mol. The molecule has 8 nitrogen and oxygen atoms in total. The normalized spacial score (nSPS) is 10.9. The zero-order valence-electron chi connectivity index (χ0n) is 18.4. The molecule has 166 valence electrons. The van der Waals surface area contributed by atoms with Crippen LogP contribution in [0.3, 0.4) is 0 Å². The Morgan fingerprint density at radius 3 is 2.31 bits per heavy atom. The fourth-order valence-corrected chi connectivity index (χ4v) is 2.86. The molecule has 0 radical (unpaired) electrons. The van der Waals surface area contributed by atoms with E-state index in [1.165, 1.54) is 17.0 Å². The number of ether oxygens (including phenoxy) is 1. The molecule has 0 aliphatic carbocycles. The summed E-state index contributed by atoms with van der Waals surface area (Å²) >= 11 is 0. The van der Waals surface area contributed by atoms with Gasteiger partial charge in [0, 0.05) is 18.8 Å². The zero-order valence-corrected chi connectivity index (χ0v) is 18.4. The van der Waals surface area contributed by atoms with E-state index in [1.54, 1.807) is 52.1 Å². The van der Waals surface area contributed by atoms with Gasteiger partial charge >= 0.3 is 6.09 Å². The van der Waals surface area contributed by atoms with Gasteiger partial charge in [0.25, 0.3) is 5.91 Å². The van der Waals surface area contributed by atoms with Crippen LogP contribution in [0.25, 0.3) is 0 Å². The van der Waals surface area contributed by atoms with Crippen molar-refractivity contribution in [2.24, 2.45) is 0 Å². The van der Waals surface area contributed by atoms with Crippen molar-refractivity contribution in [1.82, 2.24) is 4.98 Å². The quantitative estimate of drug-likeness (QED) is 0.480. The van der Waals surface area contributed by atoms with E-state index in [2.05, 4.69) is 15.6 Å². The molecule has 2 amide bonds. The minimum atomic E-state index is -0.680. The Morgan fingerprint density at radius 1 is 1.00 bits per heavy atom. The van der Waals surface area contributed by atoms with Crippen molar-refractivity contribution in [1.29, 1.82) is 0 Å². The first-order chi connectivity index (χ1) is 15.1. The maximum Gasteiger partial charge on any atom is 0.412 e. The smallest absolute Gasteiger partial charge is 0.412 e. The number of aromatic nitrogens is 1. The summed E-state index contributed by atoms with van der Waals surface area (Å²) in [6.45, 7) is 5.27. The van der Waals surface area contributed by atoms with Gasteiger partial charge in [0.15, 0.2) is 0 Å². The van der Waals surface area contributed by atoms with Gasteiger partial charge in [-0.05, 0) is 51.1 Å². The molecular weight excluding hydrogens is 408 g/mol. The van der Waals surface area contributed by atoms with Crippen LogP contribution in [-0.4, -0.2) is 34.7 Å². The predicted octanol–water partition coefficient (Wildman–Crippen LogP) is 5.15. The molecule has 3 aromatic rings. The van der Waals surface area contributed by atoms with Gasteiger partial charge in [-0.3, -0.25) is 10.1 Å². The summed E-state index contributed by atoms with van der Waals surface area (Å²) in [7, 11) is 1.64. The van der Waals surface area contributed by atoms with Gasteiger partial charge in [0.2, 0.25) is 0 Å². The highest BCUT2D eigenvalue weighted by Crippen LogP contribution is 2.27. The minimum Gasteiger partial charge on any atom is -0.506 e. The first-order valence-electron chi connectivity index (χ1n) is 10.0. The Labute approximate surface area is 186 Å². The van der Waals surface area contributed by atoms with Crippen LogP contribution < -0.4 is 15.5 Å². The molecule has 0 saturated carbocycles. The molecule has 3 N–H and O–H groups in total. The van der Waals surface area contributed by atoms with Gasteiger partial charge in [-0.2, -0.15) is 0 Å². The van der Waals surface area contributed by atoms with Crippen LogP contribution in [0.5, 0.6) is 5.75 Å². The molecule has 0 fully saturated rings. The molecule has 0 spiro atoms. The number of amides is 2. The van der Waals surface area contributed by atoms with E-state index in [1.807, 2.05) is 30.3 Å². The lowest BCUT2D eigenvalue weighted by molar-refractivity contribution is 0.0635. The highest BCUT2D eigenvalue weighted by atomic mass is 16.6. The molecule has 32 heavy (non-hydrogen) atoms. The van der Waals surface area contributed by atoms with E-state index >= 15 is 0 Å². The highest BCUT2D eigenvalue weighted by Gasteiger charge is 2.20. The molecule has 0 atom stereocenters. The first-order valence-corrected chi connectivity index (χ1v) is 10.0. The standard InChI is InChI=1S/C24H26N4O4/c1-24(2,3)32-23(31)25-16-14-19(22(30)28(4)17-10-6-5-7-11-17)27-21(15-16)26-18-12-8-9-13-20(18)29/h5-15,29H,1-4H3,(H2,25,26,27,31). The highest BCUT2D eigenvalue weighted by molar-refractivity contribution is 6.05. The van der Waals surface area contributed by atoms with Crippen molar-refractivity contribution in [3.05, 3.63) is 72.4 Å². The van der Waals surface area contributed by atoms with E-state index in [0.29, 0.717) is 17.1 Å². The van der Waals surface area contributed by atoms with Crippen molar-refractivity contribution < 1.29 is 19.4 Å². The fourth-order valence-electron chi connectivity index (χ4n) is 2.86. The summed E-state index contributed by atoms with van der Waals surface area (Å²) in [4.78, 5) is 31.3. The summed E-state index contributed by atoms with van der Waals surface area (Å²) in [6.07, 6.45) is -0.660. The number of hydrogen-bond donors (Lipinski definition) is 3. The molecule has 0 unspecified atom stereocenters. The molecule has 3 rings (SSSR count). The molecule has 0 bridgehead atoms. The third-order valence-corrected chi connectivity index (χ3v) is 4.30. The summed E-state index contributed by atoms with van der Waals surface area (Å²) in [5.41, 5.74) is 0.837. The monoisotopic (exact) mass is 434 g/mol. The Kier molecular flexibility index (Phi) is 6.63. The number of phenols is 1. The number of aromatic hydroxyl groups is 1. The lowest BCUT2D eigenvalue weighted by atomic mass is 10.2. The van der Waals surface area contributed by atoms with Crippen molar-refractivity contribution >= 4 is 34.9 Å². The van der Waals surface area contributed by atoms with Crippen molar-refractivity contribution in [2.45, 2.75) is 26.4 Å². The number of pyridine rings is 1. The molecule has 0 aliphatic heterocycles. The maximum atomic E-state index is 13.1. The second-order valence-corrected chi connectivity index (χ2v) is 8.10. The van der Waals surface area contributed by atoms with Crippen LogP contribution in [0.2, 0.25) is 0 Å². The largest absolute Gasteiger partial charge is 0.506 e. The number of para-hydroxylation sites is 3. The SMILES string of the molecule is CN(C(=O)c1cc(NC(=O)OC(C)(C)C)cc(Nc2ccccc2O)n1)c1ccccc1. The molecule has 1 aromatic heterocycles. The third-order valence-electron chi connectivity index (χ3n) is 4.30. The molecule has 8 heteroatoms. The van der Waals surface area contributed by atoms with E-state index in [-0.39, 0.29) is 23.2 Å². The van der Waals surface area contributed by atoms with Crippen molar-refractivity contribution in [3.8, 4) is 5.75 Å². The Hall–Kier alpha value is -4.07. The molecule has 0 aliphatic rings. The van der Waals surface area contributed by atoms with Gasteiger partial charge in [-0.15, -0.1) is 0 Å². The van der Waals surface area contributed by atoms with Crippen LogP contribution in [-0.2, 0) is 4.74 Å². The van der Waals surface area contributed by atoms with Crippen LogP contribution in [0.4, 0.5) is 27.7 Å². The average molecular weight is 434 g/mol. The Balaban J connectivity index is 1.95. The van der Waals surface area contributed by atoms with Crippen LogP contribution in [0.15, 0.2) is 66.7 Å². The summed E-state index contributed by atoms with van der Waals surface area (Å²) < 4.78 is 5.31. The van der Waals surface area contributed by atoms with Gasteiger partial charge in [0.1, 0.15) is 22.9 Å². The fraction of sp³-hybridized carbons (Fsp3) is 0.208. The minimum absolute atomic E-state index is 0.0223. The number of carbonyl (C=O) groups is 2. The van der Waals surface area contributed by atoms with E-state index in [0.717, 1.165) is 0 Å². The van der Waals surface area contributed by atoms with Crippen molar-refractivity contribution in [2.75, 3.05) is 22.6 Å². The second kappa shape index (κ2) is 9.38. The zero-order chi connectivity index (χ0) is 23.3. The summed E-state index contributed by atoms with van der Waals surface area (Å²) in [5, 5.41) is 15.7. The topological polar surface area (TPSA) is 104 Å². The lowest BCUT2D eigenvalue weighted by Gasteiger charge is -2.21. The number of nitrogens with zero attached hydrogens (tertiary/aromatic N) is 2. The lowest BCUT2D eigenvalue weighted by Crippen LogP contribution is -2.28. The van der Waals surface area contributed by atoms with Crippen LogP contribution in [0, 0.1) is 0 Å². The molecule has 2 aromatic carbocycles. The second-order valence-electron chi connectivity index (χ2n) is 8.10. The molecular formula is C24H26N4O4. The summed E-state index contributed by atoms with van der Waals surface area (Å²) in [5.74, 6) is -0.0803. The van der Waals surface area contributed by atoms with Crippen molar-refractivity contribution in [3.63, 3.8) is 0 Å². The number of nitrogens with one attached hydrogen (secondary N) is 2. The maximum absolute atomic E-state index is 13.1. The van der Waals surface area contributed by atoms with E-state index in [9.17, 15) is 14.7 Å². The summed E-state index contributed by atoms with van der Waals surface area (Å²) in [6, 6.07) is 18.8. The van der Waals surface area contributed by atoms with Gasteiger partial charge in [-0.25, -0.2) is 9.78 Å². The van der Waals surface area contributed by atoms with Gasteiger partial charge in [-0.1, -0.05) is 30.3 Å². The third kappa shape index (κ3) is 5.98. The number of phenolic OH excluding ortho intramolecular Hbond substituents is 1. The number of carbonyl (C=O) groups excluding carboxylic acids is 2. The first kappa shape index (κ1) is 22.6. The van der Waals surface area contributed by atoms with E-state index < -0.39 is 11.7 Å². The molecule has 0 saturated heterocycles. The Morgan fingerprint density at radius 2 is 1.66 bits per heavy atom. The number of anilines is 4.